The van der Waals surface area contributed by atoms with Gasteiger partial charge in [-0.2, -0.15) is 0 Å². The summed E-state index contributed by atoms with van der Waals surface area (Å²) in [6.45, 7) is 4.41. The summed E-state index contributed by atoms with van der Waals surface area (Å²) < 4.78 is 5.34. The standard InChI is InChI=1S/C24H37OP/c1-3-5-14-19-24(25-26)20-16-13-11-9-7-8-10-12-15-18-23-21-22(23)17-6-4-2/h5,7-8,11-16,18,20,22,24H,3-4,6,9-10,17,19,21,26H2,1-2H3/b8-7-,13-11-,14-5-,15-12+,20-16+,23-18+. The number of hydrogen-bond acceptors (Lipinski definition) is 1. The molecule has 1 fully saturated rings. The molecule has 2 heteroatoms. The summed E-state index contributed by atoms with van der Waals surface area (Å²) in [7, 11) is 2.35. The van der Waals surface area contributed by atoms with Gasteiger partial charge in [-0.1, -0.05) is 99.1 Å². The highest BCUT2D eigenvalue weighted by molar-refractivity contribution is 7.09. The van der Waals surface area contributed by atoms with Crippen molar-refractivity contribution in [1.82, 2.24) is 0 Å². The Labute approximate surface area is 164 Å². The Morgan fingerprint density at radius 1 is 1.00 bits per heavy atom. The van der Waals surface area contributed by atoms with Crippen LogP contribution in [0.5, 0.6) is 0 Å². The Morgan fingerprint density at radius 3 is 2.46 bits per heavy atom. The van der Waals surface area contributed by atoms with Crippen LogP contribution in [0, 0.1) is 5.92 Å². The second kappa shape index (κ2) is 16.0. The van der Waals surface area contributed by atoms with Crippen LogP contribution in [-0.2, 0) is 4.52 Å². The summed E-state index contributed by atoms with van der Waals surface area (Å²) in [5.41, 5.74) is 1.64. The molecule has 0 aromatic carbocycles. The lowest BCUT2D eigenvalue weighted by atomic mass is 10.2. The normalized spacial score (nSPS) is 20.7. The molecule has 1 saturated carbocycles. The zero-order chi connectivity index (χ0) is 18.9. The van der Waals surface area contributed by atoms with Crippen LogP contribution in [-0.4, -0.2) is 6.10 Å². The van der Waals surface area contributed by atoms with E-state index in [1.165, 1.54) is 25.7 Å². The van der Waals surface area contributed by atoms with Gasteiger partial charge in [-0.3, -0.25) is 0 Å². The Kier molecular flexibility index (Phi) is 14.1. The first kappa shape index (κ1) is 22.9. The minimum absolute atomic E-state index is 0.135. The Morgan fingerprint density at radius 2 is 1.77 bits per heavy atom. The summed E-state index contributed by atoms with van der Waals surface area (Å²) >= 11 is 0. The molecule has 0 saturated heterocycles. The average molecular weight is 373 g/mol. The van der Waals surface area contributed by atoms with Gasteiger partial charge in [-0.15, -0.1) is 0 Å². The van der Waals surface area contributed by atoms with Crippen molar-refractivity contribution in [3.05, 3.63) is 72.4 Å². The van der Waals surface area contributed by atoms with E-state index in [1.54, 1.807) is 5.57 Å². The van der Waals surface area contributed by atoms with E-state index in [-0.39, 0.29) is 6.10 Å². The molecule has 0 N–H and O–H groups in total. The van der Waals surface area contributed by atoms with E-state index < -0.39 is 0 Å². The van der Waals surface area contributed by atoms with Crippen LogP contribution in [0.2, 0.25) is 0 Å². The smallest absolute Gasteiger partial charge is 0.0828 e. The van der Waals surface area contributed by atoms with Crippen LogP contribution in [0.1, 0.15) is 65.2 Å². The van der Waals surface area contributed by atoms with Crippen LogP contribution < -0.4 is 0 Å². The Bertz CT molecular complexity index is 522. The largest absolute Gasteiger partial charge is 0.358 e. The highest BCUT2D eigenvalue weighted by Gasteiger charge is 2.27. The molecular weight excluding hydrogens is 335 g/mol. The first-order chi connectivity index (χ1) is 12.8. The quantitative estimate of drug-likeness (QED) is 0.173. The van der Waals surface area contributed by atoms with Gasteiger partial charge < -0.3 is 4.52 Å². The third kappa shape index (κ3) is 12.2. The van der Waals surface area contributed by atoms with Crippen molar-refractivity contribution in [2.75, 3.05) is 0 Å². The summed E-state index contributed by atoms with van der Waals surface area (Å²) in [4.78, 5) is 0. The van der Waals surface area contributed by atoms with E-state index in [0.717, 1.165) is 31.6 Å². The van der Waals surface area contributed by atoms with Crippen molar-refractivity contribution >= 4 is 9.47 Å². The number of rotatable bonds is 14. The van der Waals surface area contributed by atoms with E-state index in [1.807, 2.05) is 0 Å². The Balaban J connectivity index is 2.10. The first-order valence-electron chi connectivity index (χ1n) is 10.2. The van der Waals surface area contributed by atoms with Crippen LogP contribution >= 0.6 is 9.47 Å². The fourth-order valence-electron chi connectivity index (χ4n) is 2.71. The molecule has 1 aliphatic rings. The molecule has 0 heterocycles. The molecule has 144 valence electrons. The molecule has 3 unspecified atom stereocenters. The molecule has 0 bridgehead atoms. The van der Waals surface area contributed by atoms with Gasteiger partial charge in [0.1, 0.15) is 0 Å². The maximum Gasteiger partial charge on any atom is 0.0828 e. The van der Waals surface area contributed by atoms with Crippen molar-refractivity contribution in [2.24, 2.45) is 5.92 Å². The third-order valence-electron chi connectivity index (χ3n) is 4.43. The van der Waals surface area contributed by atoms with Crippen molar-refractivity contribution in [3.63, 3.8) is 0 Å². The second-order valence-electron chi connectivity index (χ2n) is 6.76. The maximum absolute atomic E-state index is 5.34. The highest BCUT2D eigenvalue weighted by Crippen LogP contribution is 2.41. The van der Waals surface area contributed by atoms with Crippen molar-refractivity contribution in [3.8, 4) is 0 Å². The number of allylic oxidation sites excluding steroid dienone is 10. The van der Waals surface area contributed by atoms with Crippen molar-refractivity contribution in [1.29, 1.82) is 0 Å². The first-order valence-corrected chi connectivity index (χ1v) is 10.6. The lowest BCUT2D eigenvalue weighted by molar-refractivity contribution is 0.298. The molecule has 0 spiro atoms. The monoisotopic (exact) mass is 372 g/mol. The van der Waals surface area contributed by atoms with E-state index >= 15 is 0 Å². The summed E-state index contributed by atoms with van der Waals surface area (Å²) in [5.74, 6) is 0.896. The van der Waals surface area contributed by atoms with Gasteiger partial charge >= 0.3 is 0 Å². The van der Waals surface area contributed by atoms with Crippen LogP contribution in [0.4, 0.5) is 0 Å². The van der Waals surface area contributed by atoms with Crippen LogP contribution in [0.3, 0.4) is 0 Å². The summed E-state index contributed by atoms with van der Waals surface area (Å²) in [6.07, 6.45) is 33.5. The SMILES string of the molecule is CC/C=C\CC(/C=C/C=C\C/C=C\C/C=C/C=C1\CC1CCCC)OP. The van der Waals surface area contributed by atoms with Crippen molar-refractivity contribution < 1.29 is 4.52 Å². The molecule has 0 aliphatic heterocycles. The lowest BCUT2D eigenvalue weighted by Crippen LogP contribution is -2.00. The van der Waals surface area contributed by atoms with E-state index in [0.29, 0.717) is 0 Å². The second-order valence-corrected chi connectivity index (χ2v) is 7.03. The zero-order valence-corrected chi connectivity index (χ0v) is 17.8. The van der Waals surface area contributed by atoms with Gasteiger partial charge in [0.15, 0.2) is 0 Å². The zero-order valence-electron chi connectivity index (χ0n) is 16.6. The molecule has 26 heavy (non-hydrogen) atoms. The molecule has 0 aromatic heterocycles. The van der Waals surface area contributed by atoms with Gasteiger partial charge in [0.05, 0.1) is 6.10 Å². The van der Waals surface area contributed by atoms with Gasteiger partial charge in [0, 0.05) is 9.47 Å². The van der Waals surface area contributed by atoms with Crippen molar-refractivity contribution in [2.45, 2.75) is 71.3 Å². The summed E-state index contributed by atoms with van der Waals surface area (Å²) in [5, 5.41) is 0. The summed E-state index contributed by atoms with van der Waals surface area (Å²) in [6, 6.07) is 0. The minimum atomic E-state index is 0.135. The lowest BCUT2D eigenvalue weighted by Gasteiger charge is -2.06. The van der Waals surface area contributed by atoms with Gasteiger partial charge in [0.25, 0.3) is 0 Å². The maximum atomic E-state index is 5.34. The molecule has 3 atom stereocenters. The molecule has 1 nitrogen and oxygen atoms in total. The predicted octanol–water partition coefficient (Wildman–Crippen LogP) is 7.66. The van der Waals surface area contributed by atoms with E-state index in [9.17, 15) is 0 Å². The highest BCUT2D eigenvalue weighted by atomic mass is 31.0. The molecular formula is C24H37OP. The molecule has 0 aromatic rings. The molecule has 0 amide bonds. The molecule has 1 aliphatic carbocycles. The van der Waals surface area contributed by atoms with Crippen LogP contribution in [0.15, 0.2) is 72.4 Å². The predicted molar refractivity (Wildman–Crippen MR) is 120 cm³/mol. The fraction of sp³-hybridized carbons (Fsp3) is 0.500. The fourth-order valence-corrected chi connectivity index (χ4v) is 2.91. The topological polar surface area (TPSA) is 9.23 Å². The molecule has 1 rings (SSSR count). The number of unbranched alkanes of at least 4 members (excludes halogenated alkanes) is 1. The van der Waals surface area contributed by atoms with Gasteiger partial charge in [-0.25, -0.2) is 0 Å². The third-order valence-corrected chi connectivity index (χ3v) is 4.78. The van der Waals surface area contributed by atoms with E-state index in [2.05, 4.69) is 90.2 Å². The average Bonchev–Trinajstić information content (AvgIpc) is 3.41. The molecule has 0 radical (unpaired) electrons. The Hall–Kier alpha value is -1.17. The van der Waals surface area contributed by atoms with Gasteiger partial charge in [0.2, 0.25) is 0 Å². The number of hydrogen-bond donors (Lipinski definition) is 0. The minimum Gasteiger partial charge on any atom is -0.358 e. The van der Waals surface area contributed by atoms with Gasteiger partial charge in [-0.05, 0) is 44.4 Å². The van der Waals surface area contributed by atoms with E-state index in [4.69, 9.17) is 4.52 Å². The van der Waals surface area contributed by atoms with Crippen LogP contribution in [0.25, 0.3) is 0 Å².